The standard InChI is InChI=1S/C17H21NO3S2/c1-4-17(13-5-7-14(21-2)8-6-13)18-23(19,20)16-11-9-15(22-3)10-12-16/h5-12,17-18H,4H2,1-3H3/t17-/m1/s1. The Labute approximate surface area is 142 Å². The molecule has 124 valence electrons. The van der Waals surface area contributed by atoms with Crippen molar-refractivity contribution in [1.29, 1.82) is 0 Å². The monoisotopic (exact) mass is 351 g/mol. The summed E-state index contributed by atoms with van der Waals surface area (Å²) in [7, 11) is -1.95. The summed E-state index contributed by atoms with van der Waals surface area (Å²) in [6, 6.07) is 14.1. The highest BCUT2D eigenvalue weighted by Crippen LogP contribution is 2.23. The maximum Gasteiger partial charge on any atom is 0.241 e. The van der Waals surface area contributed by atoms with Gasteiger partial charge in [-0.3, -0.25) is 0 Å². The van der Waals surface area contributed by atoms with Gasteiger partial charge in [-0.1, -0.05) is 19.1 Å². The minimum atomic E-state index is -3.55. The molecular weight excluding hydrogens is 330 g/mol. The Morgan fingerprint density at radius 3 is 2.17 bits per heavy atom. The molecule has 0 aliphatic rings. The van der Waals surface area contributed by atoms with Crippen LogP contribution in [0.5, 0.6) is 5.75 Å². The summed E-state index contributed by atoms with van der Waals surface area (Å²) in [5, 5.41) is 0. The molecule has 0 spiro atoms. The van der Waals surface area contributed by atoms with Crippen LogP contribution < -0.4 is 9.46 Å². The summed E-state index contributed by atoms with van der Waals surface area (Å²) in [5.41, 5.74) is 0.914. The van der Waals surface area contributed by atoms with Crippen molar-refractivity contribution >= 4 is 21.8 Å². The van der Waals surface area contributed by atoms with Gasteiger partial charge < -0.3 is 4.74 Å². The van der Waals surface area contributed by atoms with Gasteiger partial charge in [0.05, 0.1) is 12.0 Å². The predicted molar refractivity (Wildman–Crippen MR) is 94.6 cm³/mol. The SMILES string of the molecule is CC[C@@H](NS(=O)(=O)c1ccc(SC)cc1)c1ccc(OC)cc1. The van der Waals surface area contributed by atoms with Gasteiger partial charge in [0.25, 0.3) is 0 Å². The molecule has 4 nitrogen and oxygen atoms in total. The number of rotatable bonds is 7. The zero-order valence-electron chi connectivity index (χ0n) is 13.4. The van der Waals surface area contributed by atoms with Gasteiger partial charge in [-0.25, -0.2) is 13.1 Å². The summed E-state index contributed by atoms with van der Waals surface area (Å²) in [4.78, 5) is 1.31. The Morgan fingerprint density at radius 2 is 1.70 bits per heavy atom. The highest BCUT2D eigenvalue weighted by atomic mass is 32.2. The fourth-order valence-corrected chi connectivity index (χ4v) is 3.95. The largest absolute Gasteiger partial charge is 0.497 e. The third kappa shape index (κ3) is 4.50. The van der Waals surface area contributed by atoms with E-state index < -0.39 is 10.0 Å². The lowest BCUT2D eigenvalue weighted by Gasteiger charge is -2.18. The van der Waals surface area contributed by atoms with E-state index in [0.29, 0.717) is 6.42 Å². The van der Waals surface area contributed by atoms with Crippen LogP contribution in [0.25, 0.3) is 0 Å². The molecule has 0 heterocycles. The number of thioether (sulfide) groups is 1. The van der Waals surface area contributed by atoms with Crippen molar-refractivity contribution in [3.05, 3.63) is 54.1 Å². The number of sulfonamides is 1. The summed E-state index contributed by atoms with van der Waals surface area (Å²) in [6.07, 6.45) is 2.62. The van der Waals surface area contributed by atoms with Gasteiger partial charge in [0.15, 0.2) is 0 Å². The van der Waals surface area contributed by atoms with E-state index in [1.807, 2.05) is 49.6 Å². The molecule has 1 N–H and O–H groups in total. The molecule has 23 heavy (non-hydrogen) atoms. The number of hydrogen-bond acceptors (Lipinski definition) is 4. The van der Waals surface area contributed by atoms with Gasteiger partial charge in [-0.15, -0.1) is 11.8 Å². The third-order valence-electron chi connectivity index (χ3n) is 3.59. The smallest absolute Gasteiger partial charge is 0.241 e. The minimum absolute atomic E-state index is 0.272. The molecule has 6 heteroatoms. The highest BCUT2D eigenvalue weighted by Gasteiger charge is 2.20. The Hall–Kier alpha value is -1.50. The highest BCUT2D eigenvalue weighted by molar-refractivity contribution is 7.98. The number of ether oxygens (including phenoxy) is 1. The first kappa shape index (κ1) is 17.8. The maximum atomic E-state index is 12.6. The Balaban J connectivity index is 2.21. The number of nitrogens with one attached hydrogen (secondary N) is 1. The van der Waals surface area contributed by atoms with Gasteiger partial charge in [0.1, 0.15) is 5.75 Å². The van der Waals surface area contributed by atoms with Gasteiger partial charge in [-0.05, 0) is 54.6 Å². The molecule has 0 radical (unpaired) electrons. The zero-order chi connectivity index (χ0) is 16.9. The van der Waals surface area contributed by atoms with E-state index in [9.17, 15) is 8.42 Å². The molecule has 0 aliphatic heterocycles. The van der Waals surface area contributed by atoms with Crippen molar-refractivity contribution < 1.29 is 13.2 Å². The zero-order valence-corrected chi connectivity index (χ0v) is 15.1. The van der Waals surface area contributed by atoms with Gasteiger partial charge in [0.2, 0.25) is 10.0 Å². The first-order valence-corrected chi connectivity index (χ1v) is 10.0. The van der Waals surface area contributed by atoms with Gasteiger partial charge >= 0.3 is 0 Å². The molecule has 2 aromatic carbocycles. The Bertz CT molecular complexity index is 725. The Kier molecular flexibility index (Phi) is 6.10. The topological polar surface area (TPSA) is 55.4 Å². The fourth-order valence-electron chi connectivity index (χ4n) is 2.23. The van der Waals surface area contributed by atoms with E-state index in [4.69, 9.17) is 4.74 Å². The summed E-state index contributed by atoms with van der Waals surface area (Å²) in [5.74, 6) is 0.749. The summed E-state index contributed by atoms with van der Waals surface area (Å²) in [6.45, 7) is 1.95. The van der Waals surface area contributed by atoms with E-state index in [0.717, 1.165) is 16.2 Å². The predicted octanol–water partition coefficient (Wildman–Crippen LogP) is 3.85. The summed E-state index contributed by atoms with van der Waals surface area (Å²) < 4.78 is 33.0. The minimum Gasteiger partial charge on any atom is -0.497 e. The molecular formula is C17H21NO3S2. The van der Waals surface area contributed by atoms with Gasteiger partial charge in [0, 0.05) is 10.9 Å². The quantitative estimate of drug-likeness (QED) is 0.770. The van der Waals surface area contributed by atoms with Crippen molar-refractivity contribution in [3.8, 4) is 5.75 Å². The second-order valence-electron chi connectivity index (χ2n) is 5.03. The lowest BCUT2D eigenvalue weighted by molar-refractivity contribution is 0.414. The van der Waals surface area contributed by atoms with Crippen molar-refractivity contribution in [2.75, 3.05) is 13.4 Å². The average Bonchev–Trinajstić information content (AvgIpc) is 2.60. The normalized spacial score (nSPS) is 12.8. The molecule has 0 fully saturated rings. The first-order valence-electron chi connectivity index (χ1n) is 7.30. The van der Waals surface area contributed by atoms with Crippen LogP contribution in [0.4, 0.5) is 0 Å². The van der Waals surface area contributed by atoms with Crippen molar-refractivity contribution in [3.63, 3.8) is 0 Å². The van der Waals surface area contributed by atoms with Crippen LogP contribution in [-0.2, 0) is 10.0 Å². The van der Waals surface area contributed by atoms with Crippen LogP contribution in [-0.4, -0.2) is 21.8 Å². The van der Waals surface area contributed by atoms with Crippen molar-refractivity contribution in [2.24, 2.45) is 0 Å². The van der Waals surface area contributed by atoms with Crippen molar-refractivity contribution in [2.45, 2.75) is 29.2 Å². The third-order valence-corrected chi connectivity index (χ3v) is 5.82. The molecule has 0 aromatic heterocycles. The second-order valence-corrected chi connectivity index (χ2v) is 7.62. The van der Waals surface area contributed by atoms with Crippen LogP contribution in [0.3, 0.4) is 0 Å². The van der Waals surface area contributed by atoms with Crippen LogP contribution >= 0.6 is 11.8 Å². The number of hydrogen-bond donors (Lipinski definition) is 1. The van der Waals surface area contributed by atoms with Crippen molar-refractivity contribution in [1.82, 2.24) is 4.72 Å². The van der Waals surface area contributed by atoms with E-state index in [1.165, 1.54) is 0 Å². The molecule has 1 atom stereocenters. The van der Waals surface area contributed by atoms with Crippen LogP contribution in [0.2, 0.25) is 0 Å². The van der Waals surface area contributed by atoms with Crippen LogP contribution in [0.1, 0.15) is 24.9 Å². The molecule has 0 bridgehead atoms. The van der Waals surface area contributed by atoms with E-state index in [2.05, 4.69) is 4.72 Å². The number of methoxy groups -OCH3 is 1. The van der Waals surface area contributed by atoms with Crippen LogP contribution in [0.15, 0.2) is 58.3 Å². The molecule has 0 saturated heterocycles. The Morgan fingerprint density at radius 1 is 1.09 bits per heavy atom. The molecule has 0 aliphatic carbocycles. The maximum absolute atomic E-state index is 12.6. The lowest BCUT2D eigenvalue weighted by Crippen LogP contribution is -2.28. The lowest BCUT2D eigenvalue weighted by atomic mass is 10.1. The van der Waals surface area contributed by atoms with E-state index in [-0.39, 0.29) is 10.9 Å². The first-order chi connectivity index (χ1) is 11.0. The molecule has 0 saturated carbocycles. The fraction of sp³-hybridized carbons (Fsp3) is 0.294. The van der Waals surface area contributed by atoms with Gasteiger partial charge in [-0.2, -0.15) is 0 Å². The second kappa shape index (κ2) is 7.86. The summed E-state index contributed by atoms with van der Waals surface area (Å²) >= 11 is 1.58. The average molecular weight is 351 g/mol. The van der Waals surface area contributed by atoms with E-state index >= 15 is 0 Å². The van der Waals surface area contributed by atoms with Crippen LogP contribution in [0, 0.1) is 0 Å². The molecule has 0 amide bonds. The molecule has 2 rings (SSSR count). The number of benzene rings is 2. The molecule has 0 unspecified atom stereocenters. The van der Waals surface area contributed by atoms with E-state index in [1.54, 1.807) is 31.0 Å². The molecule has 2 aromatic rings.